The first-order chi connectivity index (χ1) is 18.9. The molecule has 0 aliphatic rings. The van der Waals surface area contributed by atoms with E-state index in [-0.39, 0.29) is 17.6 Å². The number of amides is 1. The number of aromatic nitrogens is 3. The second-order valence-electron chi connectivity index (χ2n) is 9.10. The number of rotatable bonds is 8. The van der Waals surface area contributed by atoms with E-state index in [0.717, 1.165) is 11.1 Å². The molecule has 196 valence electrons. The lowest BCUT2D eigenvalue weighted by Crippen LogP contribution is -2.12. The Hall–Kier alpha value is -5.18. The van der Waals surface area contributed by atoms with Crippen molar-refractivity contribution in [1.82, 2.24) is 15.0 Å². The summed E-state index contributed by atoms with van der Waals surface area (Å²) in [5, 5.41) is 16.6. The predicted octanol–water partition coefficient (Wildman–Crippen LogP) is 6.65. The van der Waals surface area contributed by atoms with E-state index >= 15 is 0 Å². The molecule has 0 aliphatic heterocycles. The summed E-state index contributed by atoms with van der Waals surface area (Å²) in [6.45, 7) is 4.15. The van der Waals surface area contributed by atoms with Gasteiger partial charge in [0.25, 0.3) is 5.91 Å². The number of fused-ring (bicyclic) bond motifs is 1. The Bertz CT molecular complexity index is 1640. The molecule has 0 aliphatic carbocycles. The Labute approximate surface area is 225 Å². The fourth-order valence-electron chi connectivity index (χ4n) is 3.91. The van der Waals surface area contributed by atoms with Crippen LogP contribution in [0.5, 0.6) is 23.0 Å². The van der Waals surface area contributed by atoms with Crippen LogP contribution >= 0.6 is 0 Å². The van der Waals surface area contributed by atoms with Gasteiger partial charge in [-0.15, -0.1) is 0 Å². The maximum atomic E-state index is 13.2. The minimum absolute atomic E-state index is 0.131. The van der Waals surface area contributed by atoms with Crippen molar-refractivity contribution in [3.05, 3.63) is 96.4 Å². The molecular formula is C30H27N5O4. The molecule has 0 radical (unpaired) electrons. The first-order valence-electron chi connectivity index (χ1n) is 12.3. The van der Waals surface area contributed by atoms with Gasteiger partial charge in [-0.05, 0) is 72.6 Å². The Morgan fingerprint density at radius 1 is 0.923 bits per heavy atom. The first kappa shape index (κ1) is 25.5. The Balaban J connectivity index is 1.51. The van der Waals surface area contributed by atoms with E-state index in [4.69, 9.17) is 9.47 Å². The lowest BCUT2D eigenvalue weighted by Gasteiger charge is -2.16. The fourth-order valence-corrected chi connectivity index (χ4v) is 3.91. The van der Waals surface area contributed by atoms with Crippen molar-refractivity contribution in [2.45, 2.75) is 19.8 Å². The summed E-state index contributed by atoms with van der Waals surface area (Å²) in [6, 6.07) is 22.5. The number of hydrogen-bond donors (Lipinski definition) is 3. The van der Waals surface area contributed by atoms with Gasteiger partial charge >= 0.3 is 0 Å². The van der Waals surface area contributed by atoms with Crippen LogP contribution in [0.25, 0.3) is 11.0 Å². The van der Waals surface area contributed by atoms with Crippen LogP contribution in [0.3, 0.4) is 0 Å². The molecule has 2 heterocycles. The van der Waals surface area contributed by atoms with Gasteiger partial charge in [-0.2, -0.15) is 0 Å². The molecule has 0 atom stereocenters. The second kappa shape index (κ2) is 11.1. The third-order valence-corrected chi connectivity index (χ3v) is 6.00. The number of nitrogens with zero attached hydrogens (tertiary/aromatic N) is 3. The van der Waals surface area contributed by atoms with Crippen LogP contribution in [0.1, 0.15) is 35.8 Å². The van der Waals surface area contributed by atoms with Crippen LogP contribution < -0.4 is 20.1 Å². The molecule has 0 saturated carbocycles. The number of nitrogens with one attached hydrogen (secondary N) is 2. The average molecular weight is 522 g/mol. The largest absolute Gasteiger partial charge is 0.508 e. The molecule has 2 aromatic heterocycles. The topological polar surface area (TPSA) is 118 Å². The van der Waals surface area contributed by atoms with Crippen molar-refractivity contribution in [1.29, 1.82) is 0 Å². The van der Waals surface area contributed by atoms with Crippen molar-refractivity contribution in [2.75, 3.05) is 17.7 Å². The maximum Gasteiger partial charge on any atom is 0.255 e. The van der Waals surface area contributed by atoms with E-state index in [9.17, 15) is 9.90 Å². The van der Waals surface area contributed by atoms with E-state index < -0.39 is 0 Å². The molecule has 5 aromatic rings. The van der Waals surface area contributed by atoms with Crippen molar-refractivity contribution in [2.24, 2.45) is 0 Å². The summed E-state index contributed by atoms with van der Waals surface area (Å²) in [4.78, 5) is 26.6. The molecule has 3 N–H and O–H groups in total. The van der Waals surface area contributed by atoms with Gasteiger partial charge in [0.2, 0.25) is 0 Å². The molecule has 0 unspecified atom stereocenters. The number of anilines is 3. The van der Waals surface area contributed by atoms with Crippen LogP contribution in [0, 0.1) is 0 Å². The Morgan fingerprint density at radius 3 is 2.51 bits per heavy atom. The molecular weight excluding hydrogens is 494 g/mol. The lowest BCUT2D eigenvalue weighted by molar-refractivity contribution is 0.102. The van der Waals surface area contributed by atoms with Gasteiger partial charge in [-0.25, -0.2) is 15.0 Å². The van der Waals surface area contributed by atoms with Crippen LogP contribution in [-0.2, 0) is 0 Å². The van der Waals surface area contributed by atoms with Gasteiger partial charge in [-0.1, -0.05) is 19.9 Å². The van der Waals surface area contributed by atoms with Crippen LogP contribution in [0.15, 0.2) is 85.2 Å². The number of phenols is 1. The number of pyridine rings is 1. The summed E-state index contributed by atoms with van der Waals surface area (Å²) in [5.41, 5.74) is 3.00. The number of phenolic OH excluding ortho intramolecular Hbond substituents is 1. The molecule has 3 aromatic carbocycles. The fraction of sp³-hybridized carbons (Fsp3) is 0.133. The van der Waals surface area contributed by atoms with E-state index in [1.54, 1.807) is 61.7 Å². The zero-order valence-corrected chi connectivity index (χ0v) is 21.7. The molecule has 39 heavy (non-hydrogen) atoms. The molecule has 0 fully saturated rings. The Kier molecular flexibility index (Phi) is 7.22. The molecule has 9 nitrogen and oxygen atoms in total. The molecule has 1 amide bonds. The number of hydrogen-bond acceptors (Lipinski definition) is 8. The molecule has 9 heteroatoms. The number of carbonyl (C=O) groups is 1. The Morgan fingerprint density at radius 2 is 1.74 bits per heavy atom. The standard InChI is InChI=1S/C30H27N5O4/c1-18(2)25-13-12-24-28(34-25)31-17-32-29(24)35-26-15-19(30(37)33-20-5-4-6-23(16-20)38-3)7-14-27(26)39-22-10-8-21(36)9-11-22/h4-18,36H,1-3H3,(H,33,37)(H,31,32,34,35). The minimum Gasteiger partial charge on any atom is -0.508 e. The van der Waals surface area contributed by atoms with Crippen molar-refractivity contribution in [3.8, 4) is 23.0 Å². The highest BCUT2D eigenvalue weighted by molar-refractivity contribution is 6.05. The summed E-state index contributed by atoms with van der Waals surface area (Å²) in [5.74, 6) is 2.20. The smallest absolute Gasteiger partial charge is 0.255 e. The van der Waals surface area contributed by atoms with E-state index in [1.807, 2.05) is 12.1 Å². The zero-order valence-electron chi connectivity index (χ0n) is 21.7. The monoisotopic (exact) mass is 521 g/mol. The van der Waals surface area contributed by atoms with E-state index in [2.05, 4.69) is 39.4 Å². The number of methoxy groups -OCH3 is 1. The highest BCUT2D eigenvalue weighted by Gasteiger charge is 2.15. The first-order valence-corrected chi connectivity index (χ1v) is 12.3. The molecule has 0 spiro atoms. The van der Waals surface area contributed by atoms with Gasteiger partial charge < -0.3 is 25.2 Å². The number of benzene rings is 3. The molecule has 5 rings (SSSR count). The zero-order chi connectivity index (χ0) is 27.4. The second-order valence-corrected chi connectivity index (χ2v) is 9.10. The lowest BCUT2D eigenvalue weighted by atomic mass is 10.1. The van der Waals surface area contributed by atoms with Gasteiger partial charge in [-0.3, -0.25) is 4.79 Å². The number of carbonyl (C=O) groups excluding carboxylic acids is 1. The summed E-state index contributed by atoms with van der Waals surface area (Å²) >= 11 is 0. The highest BCUT2D eigenvalue weighted by atomic mass is 16.5. The third-order valence-electron chi connectivity index (χ3n) is 6.00. The van der Waals surface area contributed by atoms with Gasteiger partial charge in [0, 0.05) is 23.0 Å². The maximum absolute atomic E-state index is 13.2. The number of aromatic hydroxyl groups is 1. The van der Waals surface area contributed by atoms with Gasteiger partial charge in [0.15, 0.2) is 11.4 Å². The predicted molar refractivity (Wildman–Crippen MR) is 150 cm³/mol. The van der Waals surface area contributed by atoms with Crippen molar-refractivity contribution in [3.63, 3.8) is 0 Å². The third kappa shape index (κ3) is 5.88. The highest BCUT2D eigenvalue weighted by Crippen LogP contribution is 2.35. The van der Waals surface area contributed by atoms with Gasteiger partial charge in [0.05, 0.1) is 18.2 Å². The number of ether oxygens (including phenoxy) is 2. The quantitative estimate of drug-likeness (QED) is 0.208. The summed E-state index contributed by atoms with van der Waals surface area (Å²) in [7, 11) is 1.57. The minimum atomic E-state index is -0.307. The van der Waals surface area contributed by atoms with Gasteiger partial charge in [0.1, 0.15) is 29.4 Å². The summed E-state index contributed by atoms with van der Waals surface area (Å²) in [6.07, 6.45) is 1.45. The summed E-state index contributed by atoms with van der Waals surface area (Å²) < 4.78 is 11.4. The van der Waals surface area contributed by atoms with E-state index in [1.165, 1.54) is 18.5 Å². The average Bonchev–Trinajstić information content (AvgIpc) is 2.95. The van der Waals surface area contributed by atoms with Crippen LogP contribution in [0.4, 0.5) is 17.2 Å². The molecule has 0 saturated heterocycles. The molecule has 0 bridgehead atoms. The van der Waals surface area contributed by atoms with Crippen molar-refractivity contribution >= 4 is 34.1 Å². The van der Waals surface area contributed by atoms with E-state index in [0.29, 0.717) is 45.7 Å². The van der Waals surface area contributed by atoms with Crippen LogP contribution in [-0.4, -0.2) is 33.1 Å². The normalized spacial score (nSPS) is 10.9. The SMILES string of the molecule is COc1cccc(NC(=O)c2ccc(Oc3ccc(O)cc3)c(Nc3ncnc4nc(C(C)C)ccc34)c2)c1. The van der Waals surface area contributed by atoms with Crippen molar-refractivity contribution < 1.29 is 19.4 Å². The van der Waals surface area contributed by atoms with Crippen LogP contribution in [0.2, 0.25) is 0 Å².